The molecule has 1 aliphatic carbocycles. The minimum Gasteiger partial charge on any atom is -0.477 e. The molecule has 25 heavy (non-hydrogen) atoms. The largest absolute Gasteiger partial charge is 0.477 e. The number of hydrogen-bond donors (Lipinski definition) is 2. The zero-order chi connectivity index (χ0) is 18.6. The maximum absolute atomic E-state index is 9.71. The summed E-state index contributed by atoms with van der Waals surface area (Å²) in [5, 5.41) is 9.71. The van der Waals surface area contributed by atoms with Crippen LogP contribution in [0.5, 0.6) is 5.88 Å². The Morgan fingerprint density at radius 1 is 1.40 bits per heavy atom. The molecule has 140 valence electrons. The van der Waals surface area contributed by atoms with E-state index in [0.717, 1.165) is 18.5 Å². The predicted molar refractivity (Wildman–Crippen MR) is 101 cm³/mol. The van der Waals surface area contributed by atoms with Crippen LogP contribution < -0.4 is 10.2 Å². The zero-order valence-corrected chi connectivity index (χ0v) is 16.5. The van der Waals surface area contributed by atoms with Gasteiger partial charge in [-0.1, -0.05) is 34.6 Å². The fraction of sp³-hybridized carbons (Fsp3) is 0.700. The molecule has 1 heterocycles. The van der Waals surface area contributed by atoms with E-state index >= 15 is 0 Å². The van der Waals surface area contributed by atoms with Crippen molar-refractivity contribution >= 4 is 5.84 Å². The first-order valence-corrected chi connectivity index (χ1v) is 9.29. The first-order chi connectivity index (χ1) is 11.7. The molecule has 0 spiro atoms. The average molecular weight is 348 g/mol. The third-order valence-corrected chi connectivity index (χ3v) is 4.59. The normalized spacial score (nSPS) is 23.6. The summed E-state index contributed by atoms with van der Waals surface area (Å²) in [5.41, 5.74) is 4.15. The van der Waals surface area contributed by atoms with Crippen molar-refractivity contribution in [2.75, 3.05) is 6.61 Å². The van der Waals surface area contributed by atoms with Gasteiger partial charge in [0.2, 0.25) is 5.88 Å². The lowest BCUT2D eigenvalue weighted by molar-refractivity contribution is 0.169. The number of pyridine rings is 1. The average Bonchev–Trinajstić information content (AvgIpc) is 2.49. The number of aromatic nitrogens is 1. The summed E-state index contributed by atoms with van der Waals surface area (Å²) < 4.78 is 5.87. The molecule has 0 radical (unpaired) electrons. The maximum Gasteiger partial charge on any atom is 0.224 e. The van der Waals surface area contributed by atoms with Crippen molar-refractivity contribution in [3.05, 3.63) is 23.4 Å². The molecule has 2 N–H and O–H groups in total. The van der Waals surface area contributed by atoms with E-state index in [9.17, 15) is 5.21 Å². The second kappa shape index (κ2) is 8.17. The van der Waals surface area contributed by atoms with E-state index in [2.05, 4.69) is 45.1 Å². The standard InChI is InChI=1S/C20H33N3O2/c1-13(2)12-25-19-17(8-7-15(4)21-19)18(23-24)22-16-9-14(3)10-20(5,6)11-16/h7-8,13-14,16,24H,9-12H2,1-6H3,(H,22,23). The highest BCUT2D eigenvalue weighted by Gasteiger charge is 2.32. The van der Waals surface area contributed by atoms with Crippen molar-refractivity contribution < 1.29 is 9.94 Å². The second-order valence-corrected chi connectivity index (χ2v) is 8.67. The van der Waals surface area contributed by atoms with E-state index in [0.29, 0.717) is 35.7 Å². The van der Waals surface area contributed by atoms with Gasteiger partial charge < -0.3 is 4.74 Å². The molecule has 5 nitrogen and oxygen atoms in total. The molecule has 1 saturated carbocycles. The van der Waals surface area contributed by atoms with Crippen LogP contribution in [0.25, 0.3) is 0 Å². The van der Waals surface area contributed by atoms with E-state index in [1.54, 1.807) is 0 Å². The third-order valence-electron chi connectivity index (χ3n) is 4.59. The van der Waals surface area contributed by atoms with Gasteiger partial charge in [0.15, 0.2) is 5.84 Å². The Balaban J connectivity index is 2.30. The van der Waals surface area contributed by atoms with Crippen molar-refractivity contribution in [2.24, 2.45) is 22.2 Å². The van der Waals surface area contributed by atoms with Crippen LogP contribution in [-0.2, 0) is 0 Å². The van der Waals surface area contributed by atoms with E-state index in [1.165, 1.54) is 6.42 Å². The number of aliphatic imine (C=N–C) groups is 1. The Hall–Kier alpha value is -1.62. The van der Waals surface area contributed by atoms with Crippen LogP contribution >= 0.6 is 0 Å². The smallest absolute Gasteiger partial charge is 0.224 e. The number of aryl methyl sites for hydroxylation is 1. The molecule has 0 aliphatic heterocycles. The Morgan fingerprint density at radius 2 is 2.12 bits per heavy atom. The van der Waals surface area contributed by atoms with Crippen LogP contribution in [0.15, 0.2) is 17.1 Å². The van der Waals surface area contributed by atoms with Crippen molar-refractivity contribution in [2.45, 2.75) is 66.8 Å². The van der Waals surface area contributed by atoms with Crippen LogP contribution in [0.2, 0.25) is 0 Å². The van der Waals surface area contributed by atoms with E-state index in [4.69, 9.17) is 9.73 Å². The van der Waals surface area contributed by atoms with Gasteiger partial charge in [-0.25, -0.2) is 4.98 Å². The van der Waals surface area contributed by atoms with Gasteiger partial charge in [-0.05, 0) is 55.6 Å². The molecule has 1 fully saturated rings. The summed E-state index contributed by atoms with van der Waals surface area (Å²) >= 11 is 0. The fourth-order valence-electron chi connectivity index (χ4n) is 3.80. The highest BCUT2D eigenvalue weighted by Crippen LogP contribution is 2.40. The van der Waals surface area contributed by atoms with Crippen LogP contribution in [-0.4, -0.2) is 28.7 Å². The molecule has 0 amide bonds. The molecule has 0 saturated heterocycles. The minimum absolute atomic E-state index is 0.188. The van der Waals surface area contributed by atoms with Crippen LogP contribution in [0, 0.1) is 24.2 Å². The number of amidine groups is 1. The molecule has 0 bridgehead atoms. The third kappa shape index (κ3) is 5.70. The molecule has 1 aromatic rings. The molecule has 2 rings (SSSR count). The topological polar surface area (TPSA) is 66.7 Å². The lowest BCUT2D eigenvalue weighted by Gasteiger charge is -2.37. The van der Waals surface area contributed by atoms with Crippen LogP contribution in [0.4, 0.5) is 0 Å². The molecule has 2 unspecified atom stereocenters. The molecule has 1 aliphatic rings. The minimum atomic E-state index is 0.188. The predicted octanol–water partition coefficient (Wildman–Crippen LogP) is 4.37. The Morgan fingerprint density at radius 3 is 2.72 bits per heavy atom. The fourth-order valence-corrected chi connectivity index (χ4v) is 3.80. The van der Waals surface area contributed by atoms with Gasteiger partial charge in [-0.15, -0.1) is 0 Å². The van der Waals surface area contributed by atoms with Crippen molar-refractivity contribution in [1.29, 1.82) is 0 Å². The van der Waals surface area contributed by atoms with Crippen molar-refractivity contribution in [1.82, 2.24) is 10.5 Å². The van der Waals surface area contributed by atoms with Gasteiger partial charge in [-0.3, -0.25) is 15.7 Å². The lowest BCUT2D eigenvalue weighted by Crippen LogP contribution is -2.32. The molecule has 1 aromatic heterocycles. The quantitative estimate of drug-likeness (QED) is 0.472. The summed E-state index contributed by atoms with van der Waals surface area (Å²) in [4.78, 5) is 9.32. The maximum atomic E-state index is 9.71. The highest BCUT2D eigenvalue weighted by atomic mass is 16.5. The van der Waals surface area contributed by atoms with Gasteiger partial charge in [0, 0.05) is 5.69 Å². The van der Waals surface area contributed by atoms with Gasteiger partial charge >= 0.3 is 0 Å². The van der Waals surface area contributed by atoms with Crippen molar-refractivity contribution in [3.63, 3.8) is 0 Å². The SMILES string of the molecule is Cc1ccc(C(=NC2CC(C)CC(C)(C)C2)NO)c(OCC(C)C)n1. The van der Waals surface area contributed by atoms with Gasteiger partial charge in [0.25, 0.3) is 0 Å². The molecular weight excluding hydrogens is 314 g/mol. The van der Waals surface area contributed by atoms with Gasteiger partial charge in [0.1, 0.15) is 0 Å². The van der Waals surface area contributed by atoms with Gasteiger partial charge in [-0.2, -0.15) is 0 Å². The molecule has 0 aromatic carbocycles. The first kappa shape index (κ1) is 19.7. The number of hydrogen-bond acceptors (Lipinski definition) is 4. The summed E-state index contributed by atoms with van der Waals surface area (Å²) in [6.07, 6.45) is 3.27. The zero-order valence-electron chi connectivity index (χ0n) is 16.5. The summed E-state index contributed by atoms with van der Waals surface area (Å²) in [6, 6.07) is 4.02. The number of hydroxylamine groups is 1. The van der Waals surface area contributed by atoms with E-state index in [-0.39, 0.29) is 11.5 Å². The van der Waals surface area contributed by atoms with E-state index in [1.807, 2.05) is 19.1 Å². The first-order valence-electron chi connectivity index (χ1n) is 9.29. The van der Waals surface area contributed by atoms with Crippen LogP contribution in [0.1, 0.15) is 65.1 Å². The lowest BCUT2D eigenvalue weighted by atomic mass is 9.71. The number of ether oxygens (including phenoxy) is 1. The summed E-state index contributed by atoms with van der Waals surface area (Å²) in [7, 11) is 0. The molecule has 5 heteroatoms. The summed E-state index contributed by atoms with van der Waals surface area (Å²) in [6.45, 7) is 13.6. The summed E-state index contributed by atoms with van der Waals surface area (Å²) in [5.74, 6) is 2.00. The number of nitrogens with zero attached hydrogens (tertiary/aromatic N) is 2. The van der Waals surface area contributed by atoms with Crippen LogP contribution in [0.3, 0.4) is 0 Å². The van der Waals surface area contributed by atoms with Crippen molar-refractivity contribution in [3.8, 4) is 5.88 Å². The Labute approximate surface area is 151 Å². The molecule has 2 atom stereocenters. The van der Waals surface area contributed by atoms with Gasteiger partial charge in [0.05, 0.1) is 18.2 Å². The molecular formula is C20H33N3O2. The number of rotatable bonds is 5. The Kier molecular flexibility index (Phi) is 6.44. The van der Waals surface area contributed by atoms with E-state index < -0.39 is 0 Å². The highest BCUT2D eigenvalue weighted by molar-refractivity contribution is 6.00. The second-order valence-electron chi connectivity index (χ2n) is 8.67. The monoisotopic (exact) mass is 347 g/mol. The Bertz CT molecular complexity index is 611. The number of nitrogens with one attached hydrogen (secondary N) is 1.